The summed E-state index contributed by atoms with van der Waals surface area (Å²) < 4.78 is 5.72. The first-order valence-electron chi connectivity index (χ1n) is 11.7. The Labute approximate surface area is 188 Å². The molecule has 3 aliphatic rings. The number of amides is 2. The summed E-state index contributed by atoms with van der Waals surface area (Å²) >= 11 is 0. The summed E-state index contributed by atoms with van der Waals surface area (Å²) in [4.78, 5) is 31.6. The quantitative estimate of drug-likeness (QED) is 0.732. The van der Waals surface area contributed by atoms with Crippen LogP contribution in [-0.4, -0.2) is 42.6 Å². The number of carbonyl (C=O) groups excluding carboxylic acids is 2. The van der Waals surface area contributed by atoms with Crippen molar-refractivity contribution in [3.8, 4) is 0 Å². The maximum atomic E-state index is 12.9. The number of nitrogens with zero attached hydrogens (tertiary/aromatic N) is 2. The molecule has 1 aliphatic carbocycles. The first-order valence-corrected chi connectivity index (χ1v) is 11.7. The molecule has 5 rings (SSSR count). The van der Waals surface area contributed by atoms with Gasteiger partial charge in [0.1, 0.15) is 5.82 Å². The molecule has 0 bridgehead atoms. The second-order valence-electron chi connectivity index (χ2n) is 9.00. The molecule has 1 aromatic heterocycles. The van der Waals surface area contributed by atoms with Gasteiger partial charge in [0.15, 0.2) is 0 Å². The molecule has 1 unspecified atom stereocenters. The highest BCUT2D eigenvalue weighted by atomic mass is 16.5. The lowest BCUT2D eigenvalue weighted by Crippen LogP contribution is -2.44. The highest BCUT2D eigenvalue weighted by Crippen LogP contribution is 2.33. The molecule has 0 radical (unpaired) electrons. The monoisotopic (exact) mass is 434 g/mol. The van der Waals surface area contributed by atoms with E-state index in [1.165, 1.54) is 37.7 Å². The highest BCUT2D eigenvalue weighted by molar-refractivity contribution is 6.07. The third kappa shape index (κ3) is 4.48. The summed E-state index contributed by atoms with van der Waals surface area (Å²) in [6.45, 7) is 1.42. The molecule has 7 nitrogen and oxygen atoms in total. The lowest BCUT2D eigenvalue weighted by atomic mass is 9.84. The van der Waals surface area contributed by atoms with Gasteiger partial charge in [0.25, 0.3) is 5.91 Å². The number of nitrogens with one attached hydrogen (secondary N) is 2. The van der Waals surface area contributed by atoms with E-state index in [0.29, 0.717) is 29.5 Å². The number of anilines is 3. The first kappa shape index (κ1) is 20.9. The third-order valence-corrected chi connectivity index (χ3v) is 6.78. The van der Waals surface area contributed by atoms with Crippen LogP contribution in [0, 0.1) is 0 Å². The standard InChI is InChI=1S/C25H30N4O3/c30-23-15-27-24-22(29(23)16-21-7-4-12-32-21)13-19(14-26-24)25(31)28-20-10-8-18(9-11-20)17-5-2-1-3-6-17/h8-11,13-14,17,21H,1-7,12,15-16H2,(H,26,27)(H,28,31). The molecule has 2 aliphatic heterocycles. The molecule has 2 fully saturated rings. The number of benzene rings is 1. The van der Waals surface area contributed by atoms with E-state index in [0.717, 1.165) is 25.1 Å². The molecule has 1 atom stereocenters. The number of ether oxygens (including phenoxy) is 1. The van der Waals surface area contributed by atoms with Crippen LogP contribution < -0.4 is 15.5 Å². The first-order chi connectivity index (χ1) is 15.7. The van der Waals surface area contributed by atoms with Gasteiger partial charge in [-0.3, -0.25) is 9.59 Å². The van der Waals surface area contributed by atoms with E-state index in [9.17, 15) is 9.59 Å². The second-order valence-corrected chi connectivity index (χ2v) is 9.00. The van der Waals surface area contributed by atoms with Crippen LogP contribution >= 0.6 is 0 Å². The SMILES string of the molecule is O=C(Nc1ccc(C2CCCCC2)cc1)c1cnc2c(c1)N(CC1CCCO1)C(=O)CN2. The maximum absolute atomic E-state index is 12.9. The van der Waals surface area contributed by atoms with Crippen molar-refractivity contribution in [1.82, 2.24) is 4.98 Å². The molecule has 3 heterocycles. The van der Waals surface area contributed by atoms with E-state index in [1.807, 2.05) is 12.1 Å². The average Bonchev–Trinajstić information content (AvgIpc) is 3.35. The fourth-order valence-electron chi connectivity index (χ4n) is 4.98. The van der Waals surface area contributed by atoms with Crippen molar-refractivity contribution in [2.75, 3.05) is 35.2 Å². The third-order valence-electron chi connectivity index (χ3n) is 6.78. The number of hydrogen-bond donors (Lipinski definition) is 2. The average molecular weight is 435 g/mol. The summed E-state index contributed by atoms with van der Waals surface area (Å²) in [7, 11) is 0. The molecule has 2 N–H and O–H groups in total. The van der Waals surface area contributed by atoms with Crippen LogP contribution in [0.25, 0.3) is 0 Å². The summed E-state index contributed by atoms with van der Waals surface area (Å²) in [6.07, 6.45) is 9.98. The molecule has 168 valence electrons. The van der Waals surface area contributed by atoms with E-state index in [-0.39, 0.29) is 24.5 Å². The summed E-state index contributed by atoms with van der Waals surface area (Å²) in [5.41, 5.74) is 3.18. The lowest BCUT2D eigenvalue weighted by molar-refractivity contribution is -0.117. The molecular weight excluding hydrogens is 404 g/mol. The largest absolute Gasteiger partial charge is 0.376 e. The zero-order valence-corrected chi connectivity index (χ0v) is 18.3. The zero-order valence-electron chi connectivity index (χ0n) is 18.3. The van der Waals surface area contributed by atoms with Crippen LogP contribution in [0.1, 0.15) is 66.8 Å². The van der Waals surface area contributed by atoms with Crippen LogP contribution in [-0.2, 0) is 9.53 Å². The minimum absolute atomic E-state index is 0.0325. The molecule has 2 aromatic rings. The van der Waals surface area contributed by atoms with Gasteiger partial charge >= 0.3 is 0 Å². The van der Waals surface area contributed by atoms with Crippen LogP contribution in [0.3, 0.4) is 0 Å². The molecule has 7 heteroatoms. The van der Waals surface area contributed by atoms with Crippen molar-refractivity contribution >= 4 is 29.0 Å². The van der Waals surface area contributed by atoms with Gasteiger partial charge in [-0.2, -0.15) is 0 Å². The molecule has 1 aromatic carbocycles. The number of hydrogen-bond acceptors (Lipinski definition) is 5. The van der Waals surface area contributed by atoms with Crippen LogP contribution in [0.15, 0.2) is 36.5 Å². The summed E-state index contributed by atoms with van der Waals surface area (Å²) in [5.74, 6) is 0.987. The number of fused-ring (bicyclic) bond motifs is 1. The van der Waals surface area contributed by atoms with Crippen molar-refractivity contribution in [3.63, 3.8) is 0 Å². The van der Waals surface area contributed by atoms with Gasteiger partial charge in [0.05, 0.1) is 30.4 Å². The Morgan fingerprint density at radius 1 is 1.12 bits per heavy atom. The second kappa shape index (κ2) is 9.28. The minimum atomic E-state index is -0.235. The Kier molecular flexibility index (Phi) is 6.08. The Hall–Kier alpha value is -2.93. The van der Waals surface area contributed by atoms with Crippen LogP contribution in [0.2, 0.25) is 0 Å². The topological polar surface area (TPSA) is 83.6 Å². The fraction of sp³-hybridized carbons (Fsp3) is 0.480. The number of rotatable bonds is 5. The van der Waals surface area contributed by atoms with Gasteiger partial charge in [-0.15, -0.1) is 0 Å². The predicted molar refractivity (Wildman–Crippen MR) is 124 cm³/mol. The molecule has 1 saturated heterocycles. The number of aromatic nitrogens is 1. The molecule has 2 amide bonds. The van der Waals surface area contributed by atoms with Crippen molar-refractivity contribution in [2.24, 2.45) is 0 Å². The highest BCUT2D eigenvalue weighted by Gasteiger charge is 2.29. The Morgan fingerprint density at radius 3 is 2.69 bits per heavy atom. The van der Waals surface area contributed by atoms with E-state index in [1.54, 1.807) is 17.2 Å². The summed E-state index contributed by atoms with van der Waals surface area (Å²) in [6, 6.07) is 9.95. The van der Waals surface area contributed by atoms with Gasteiger partial charge in [0, 0.05) is 18.5 Å². The number of carbonyl (C=O) groups is 2. The van der Waals surface area contributed by atoms with Crippen molar-refractivity contribution < 1.29 is 14.3 Å². The van der Waals surface area contributed by atoms with E-state index in [2.05, 4.69) is 27.8 Å². The van der Waals surface area contributed by atoms with E-state index in [4.69, 9.17) is 4.74 Å². The zero-order chi connectivity index (χ0) is 21.9. The van der Waals surface area contributed by atoms with Crippen molar-refractivity contribution in [1.29, 1.82) is 0 Å². The van der Waals surface area contributed by atoms with Gasteiger partial charge < -0.3 is 20.3 Å². The normalized spacial score (nSPS) is 21.2. The predicted octanol–water partition coefficient (Wildman–Crippen LogP) is 4.32. The summed E-state index contributed by atoms with van der Waals surface area (Å²) in [5, 5.41) is 6.01. The minimum Gasteiger partial charge on any atom is -0.376 e. The Balaban J connectivity index is 1.30. The van der Waals surface area contributed by atoms with Gasteiger partial charge in [-0.05, 0) is 55.4 Å². The maximum Gasteiger partial charge on any atom is 0.257 e. The van der Waals surface area contributed by atoms with Gasteiger partial charge in [-0.1, -0.05) is 31.4 Å². The van der Waals surface area contributed by atoms with Gasteiger partial charge in [0.2, 0.25) is 5.91 Å². The molecule has 1 saturated carbocycles. The van der Waals surface area contributed by atoms with E-state index < -0.39 is 0 Å². The molecule has 0 spiro atoms. The van der Waals surface area contributed by atoms with Gasteiger partial charge in [-0.25, -0.2) is 4.98 Å². The fourth-order valence-corrected chi connectivity index (χ4v) is 4.98. The Morgan fingerprint density at radius 2 is 1.94 bits per heavy atom. The van der Waals surface area contributed by atoms with E-state index >= 15 is 0 Å². The van der Waals surface area contributed by atoms with Crippen molar-refractivity contribution in [2.45, 2.75) is 57.0 Å². The van der Waals surface area contributed by atoms with Crippen molar-refractivity contribution in [3.05, 3.63) is 47.7 Å². The van der Waals surface area contributed by atoms with Crippen LogP contribution in [0.5, 0.6) is 0 Å². The Bertz CT molecular complexity index is 979. The molecule has 32 heavy (non-hydrogen) atoms. The molecular formula is C25H30N4O3. The smallest absolute Gasteiger partial charge is 0.257 e. The lowest BCUT2D eigenvalue weighted by Gasteiger charge is -2.31. The van der Waals surface area contributed by atoms with Crippen LogP contribution in [0.4, 0.5) is 17.2 Å². The number of pyridine rings is 1.